The van der Waals surface area contributed by atoms with Crippen molar-refractivity contribution in [1.29, 1.82) is 0 Å². The number of hydrogen-bond acceptors (Lipinski definition) is 1. The monoisotopic (exact) mass is 497 g/mol. The van der Waals surface area contributed by atoms with Crippen LogP contribution in [-0.2, 0) is 19.1 Å². The highest BCUT2D eigenvalue weighted by Crippen LogP contribution is 2.40. The molecule has 4 rings (SSSR count). The van der Waals surface area contributed by atoms with E-state index < -0.39 is 11.7 Å². The minimum absolute atomic E-state index is 0.0253. The van der Waals surface area contributed by atoms with Crippen LogP contribution in [0, 0.1) is 12.8 Å². The molecule has 0 saturated carbocycles. The van der Waals surface area contributed by atoms with Crippen LogP contribution in [0.3, 0.4) is 0 Å². The molecule has 1 aromatic heterocycles. The maximum atomic E-state index is 13.4. The van der Waals surface area contributed by atoms with Gasteiger partial charge in [0.05, 0.1) is 5.56 Å². The average molecular weight is 498 g/mol. The number of nitrogens with zero attached hydrogens (tertiary/aromatic N) is 1. The lowest BCUT2D eigenvalue weighted by Crippen LogP contribution is -2.15. The summed E-state index contributed by atoms with van der Waals surface area (Å²) in [6, 6.07) is 14.6. The Hall–Kier alpha value is -2.82. The van der Waals surface area contributed by atoms with Gasteiger partial charge in [0.2, 0.25) is 0 Å². The predicted octanol–water partition coefficient (Wildman–Crippen LogP) is 8.98. The fourth-order valence-corrected chi connectivity index (χ4v) is 4.82. The van der Waals surface area contributed by atoms with E-state index in [0.29, 0.717) is 18.0 Å². The largest absolute Gasteiger partial charge is 0.416 e. The molecule has 0 saturated heterocycles. The van der Waals surface area contributed by atoms with Gasteiger partial charge < -0.3 is 4.57 Å². The number of rotatable bonds is 6. The summed E-state index contributed by atoms with van der Waals surface area (Å²) in [5, 5.41) is 0. The van der Waals surface area contributed by atoms with Gasteiger partial charge in [0.15, 0.2) is 5.78 Å². The first-order valence-corrected chi connectivity index (χ1v) is 13.1. The van der Waals surface area contributed by atoms with E-state index in [9.17, 15) is 18.0 Å². The fraction of sp³-hybridized carbons (Fsp3) is 0.452. The molecule has 0 fully saturated rings. The minimum Gasteiger partial charge on any atom is -0.343 e. The molecule has 3 aromatic rings. The number of benzene rings is 2. The fourth-order valence-electron chi connectivity index (χ4n) is 4.82. The van der Waals surface area contributed by atoms with Gasteiger partial charge in [0, 0.05) is 29.1 Å². The van der Waals surface area contributed by atoms with E-state index >= 15 is 0 Å². The number of fused-ring (bicyclic) bond motifs is 1. The van der Waals surface area contributed by atoms with Crippen molar-refractivity contribution >= 4 is 5.78 Å². The summed E-state index contributed by atoms with van der Waals surface area (Å²) in [6.07, 6.45) is 0.913. The third-order valence-electron chi connectivity index (χ3n) is 7.23. The van der Waals surface area contributed by atoms with E-state index in [2.05, 4.69) is 32.3 Å². The second-order valence-corrected chi connectivity index (χ2v) is 10.1. The quantitative estimate of drug-likeness (QED) is 0.312. The number of carbonyl (C=O) groups excluding carboxylic acids is 1. The molecule has 0 spiro atoms. The zero-order chi connectivity index (χ0) is 26.5. The topological polar surface area (TPSA) is 22.0 Å². The molecular weight excluding hydrogens is 459 g/mol. The number of hydrogen-bond donors (Lipinski definition) is 0. The maximum Gasteiger partial charge on any atom is 0.416 e. The van der Waals surface area contributed by atoms with Gasteiger partial charge in [-0.1, -0.05) is 76.6 Å². The third kappa shape index (κ3) is 6.29. The lowest BCUT2D eigenvalue weighted by atomic mass is 9.83. The number of carbonyl (C=O) groups is 1. The first-order valence-electron chi connectivity index (χ1n) is 13.1. The van der Waals surface area contributed by atoms with E-state index in [-0.39, 0.29) is 5.78 Å². The molecule has 0 aliphatic heterocycles. The van der Waals surface area contributed by atoms with E-state index in [1.807, 2.05) is 37.3 Å². The lowest BCUT2D eigenvalue weighted by Gasteiger charge is -2.25. The Kier molecular flexibility index (Phi) is 9.21. The van der Waals surface area contributed by atoms with Gasteiger partial charge in [-0.25, -0.2) is 0 Å². The highest BCUT2D eigenvalue weighted by atomic mass is 19.4. The van der Waals surface area contributed by atoms with Crippen molar-refractivity contribution in [2.75, 3.05) is 0 Å². The first-order chi connectivity index (χ1) is 17.1. The summed E-state index contributed by atoms with van der Waals surface area (Å²) in [5.41, 5.74) is 4.80. The molecule has 36 heavy (non-hydrogen) atoms. The molecule has 0 N–H and O–H groups in total. The molecule has 5 heteroatoms. The highest BCUT2D eigenvalue weighted by molar-refractivity contribution is 6.11. The van der Waals surface area contributed by atoms with Crippen LogP contribution in [0.5, 0.6) is 0 Å². The summed E-state index contributed by atoms with van der Waals surface area (Å²) in [6.45, 7) is 11.2. The van der Waals surface area contributed by atoms with Crippen molar-refractivity contribution in [3.63, 3.8) is 0 Å². The number of aromatic nitrogens is 1. The Morgan fingerprint density at radius 3 is 2.17 bits per heavy atom. The smallest absolute Gasteiger partial charge is 0.343 e. The number of halogens is 3. The maximum absolute atomic E-state index is 13.4. The van der Waals surface area contributed by atoms with Crippen molar-refractivity contribution in [3.8, 4) is 0 Å². The van der Waals surface area contributed by atoms with Crippen molar-refractivity contribution < 1.29 is 18.0 Å². The third-order valence-corrected chi connectivity index (χ3v) is 7.23. The number of ketones is 1. The zero-order valence-electron chi connectivity index (χ0n) is 22.1. The van der Waals surface area contributed by atoms with Crippen LogP contribution < -0.4 is 0 Å². The predicted molar refractivity (Wildman–Crippen MR) is 141 cm³/mol. The van der Waals surface area contributed by atoms with Gasteiger partial charge in [-0.2, -0.15) is 13.2 Å². The molecule has 0 amide bonds. The second-order valence-electron chi connectivity index (χ2n) is 10.1. The SMILES string of the molecule is CCC(C)C.CCC1CCCc2c(C(=O)c3ccccc3)c(C)n(Cc3ccc(C(F)(F)F)cc3)c21. The van der Waals surface area contributed by atoms with Gasteiger partial charge in [-0.15, -0.1) is 0 Å². The molecule has 1 atom stereocenters. The summed E-state index contributed by atoms with van der Waals surface area (Å²) in [4.78, 5) is 13.4. The zero-order valence-corrected chi connectivity index (χ0v) is 22.1. The van der Waals surface area contributed by atoms with Gasteiger partial charge in [-0.3, -0.25) is 4.79 Å². The van der Waals surface area contributed by atoms with Crippen LogP contribution in [0.2, 0.25) is 0 Å². The molecule has 0 bridgehead atoms. The van der Waals surface area contributed by atoms with Crippen LogP contribution in [0.4, 0.5) is 13.2 Å². The molecule has 1 aliphatic carbocycles. The molecular formula is C31H38F3NO. The molecule has 2 aromatic carbocycles. The minimum atomic E-state index is -4.34. The molecule has 194 valence electrons. The van der Waals surface area contributed by atoms with E-state index in [1.165, 1.54) is 24.2 Å². The molecule has 0 radical (unpaired) electrons. The summed E-state index contributed by atoms with van der Waals surface area (Å²) in [5.74, 6) is 1.27. The molecule has 1 heterocycles. The second kappa shape index (κ2) is 11.9. The van der Waals surface area contributed by atoms with Crippen LogP contribution in [0.1, 0.15) is 103 Å². The molecule has 1 unspecified atom stereocenters. The van der Waals surface area contributed by atoms with E-state index in [0.717, 1.165) is 66.1 Å². The molecule has 1 aliphatic rings. The van der Waals surface area contributed by atoms with Gasteiger partial charge in [0.25, 0.3) is 0 Å². The molecule has 2 nitrogen and oxygen atoms in total. The summed E-state index contributed by atoms with van der Waals surface area (Å²) < 4.78 is 41.0. The van der Waals surface area contributed by atoms with Crippen LogP contribution in [0.15, 0.2) is 54.6 Å². The highest BCUT2D eigenvalue weighted by Gasteiger charge is 2.32. The van der Waals surface area contributed by atoms with Crippen molar-refractivity contribution in [1.82, 2.24) is 4.57 Å². The van der Waals surface area contributed by atoms with Gasteiger partial charge >= 0.3 is 6.18 Å². The Bertz CT molecular complexity index is 1140. The van der Waals surface area contributed by atoms with Gasteiger partial charge in [0.1, 0.15) is 0 Å². The van der Waals surface area contributed by atoms with E-state index in [4.69, 9.17) is 0 Å². The lowest BCUT2D eigenvalue weighted by molar-refractivity contribution is -0.137. The van der Waals surface area contributed by atoms with E-state index in [1.54, 1.807) is 0 Å². The first kappa shape index (κ1) is 27.8. The standard InChI is InChI=1S/C26H26F3NO.C5H12/c1-3-19-10-7-11-22-23(25(31)20-8-5-4-6-9-20)17(2)30(24(19)22)16-18-12-14-21(15-13-18)26(27,28)29;1-4-5(2)3/h4-6,8-9,12-15,19H,3,7,10-11,16H2,1-2H3;5H,4H2,1-3H3. The Balaban J connectivity index is 0.000000658. The normalized spacial score (nSPS) is 15.3. The van der Waals surface area contributed by atoms with Crippen molar-refractivity contribution in [3.05, 3.63) is 93.8 Å². The van der Waals surface area contributed by atoms with Crippen LogP contribution in [-0.4, -0.2) is 10.4 Å². The van der Waals surface area contributed by atoms with Gasteiger partial charge in [-0.05, 0) is 67.7 Å². The summed E-state index contributed by atoms with van der Waals surface area (Å²) >= 11 is 0. The van der Waals surface area contributed by atoms with Crippen molar-refractivity contribution in [2.24, 2.45) is 5.92 Å². The summed E-state index contributed by atoms with van der Waals surface area (Å²) in [7, 11) is 0. The van der Waals surface area contributed by atoms with Crippen LogP contribution in [0.25, 0.3) is 0 Å². The Morgan fingerprint density at radius 2 is 1.64 bits per heavy atom. The Labute approximate surface area is 213 Å². The average Bonchev–Trinajstić information content (AvgIpc) is 3.15. The van der Waals surface area contributed by atoms with Crippen molar-refractivity contribution in [2.45, 2.75) is 85.4 Å². The Morgan fingerprint density at radius 1 is 1.03 bits per heavy atom. The van der Waals surface area contributed by atoms with Crippen LogP contribution >= 0.6 is 0 Å². The number of alkyl halides is 3.